The van der Waals surface area contributed by atoms with Crippen LogP contribution < -0.4 is 5.32 Å². The summed E-state index contributed by atoms with van der Waals surface area (Å²) in [4.78, 5) is 55.7. The van der Waals surface area contributed by atoms with Crippen LogP contribution in [-0.4, -0.2) is 82.9 Å². The molecule has 0 radical (unpaired) electrons. The first-order valence-corrected chi connectivity index (χ1v) is 23.3. The number of likely N-dealkylation sites (tertiary alicyclic amines) is 1. The van der Waals surface area contributed by atoms with Gasteiger partial charge in [0.25, 0.3) is 0 Å². The standard InChI is InChI=1S/C48H78N2O8/c1-29(28-51)57-30-24-32-31-14-15-35-45(8)18-17-37(58-38(52)27-42(2,3)41(55)56)44(6,7)34(45)16-19-47(35,10)46(31,9)20-21-48(32,26-30)40(54)49-36-25-33(43(36,4)5)39(53)50-22-12-11-13-23-50/h29-37,51H,11-28H2,1-10H3,(H,49,54)(H,55,56)/t29-,30?,31+,32?,33+,34?,35?,36+,37-,45-,46+,47+,48+/m0/s1. The molecule has 0 aromatic heterocycles. The van der Waals surface area contributed by atoms with Gasteiger partial charge in [-0.1, -0.05) is 48.5 Å². The molecule has 0 bridgehead atoms. The molecule has 3 N–H and O–H groups in total. The summed E-state index contributed by atoms with van der Waals surface area (Å²) < 4.78 is 12.7. The Bertz CT molecular complexity index is 1620. The number of hydrogen-bond acceptors (Lipinski definition) is 7. The van der Waals surface area contributed by atoms with Gasteiger partial charge in [-0.05, 0) is 156 Å². The van der Waals surface area contributed by atoms with Crippen molar-refractivity contribution >= 4 is 23.8 Å². The zero-order valence-corrected chi connectivity index (χ0v) is 37.7. The van der Waals surface area contributed by atoms with E-state index in [1.54, 1.807) is 13.8 Å². The van der Waals surface area contributed by atoms with Gasteiger partial charge in [0.15, 0.2) is 0 Å². The summed E-state index contributed by atoms with van der Waals surface area (Å²) in [6.07, 6.45) is 12.7. The van der Waals surface area contributed by atoms with E-state index in [1.165, 1.54) is 6.42 Å². The molecule has 6 aliphatic carbocycles. The Kier molecular flexibility index (Phi) is 11.4. The number of carbonyl (C=O) groups excluding carboxylic acids is 3. The fourth-order valence-corrected chi connectivity index (χ4v) is 15.5. The number of carboxylic acid groups (broad SMARTS) is 1. The molecule has 4 unspecified atom stereocenters. The van der Waals surface area contributed by atoms with Crippen molar-refractivity contribution in [2.75, 3.05) is 19.7 Å². The summed E-state index contributed by atoms with van der Waals surface area (Å²) in [5.41, 5.74) is -2.09. The smallest absolute Gasteiger partial charge is 0.309 e. The van der Waals surface area contributed by atoms with Crippen molar-refractivity contribution in [1.29, 1.82) is 0 Å². The molecule has 13 atom stereocenters. The quantitative estimate of drug-likeness (QED) is 0.188. The number of carbonyl (C=O) groups is 4. The summed E-state index contributed by atoms with van der Waals surface area (Å²) in [6, 6.07) is -0.0386. The van der Waals surface area contributed by atoms with E-state index in [1.807, 2.05) is 6.92 Å². The van der Waals surface area contributed by atoms with Gasteiger partial charge >= 0.3 is 11.9 Å². The van der Waals surface area contributed by atoms with Crippen LogP contribution in [0.3, 0.4) is 0 Å². The Morgan fingerprint density at radius 3 is 2.14 bits per heavy atom. The number of amides is 2. The van der Waals surface area contributed by atoms with Gasteiger partial charge in [-0.3, -0.25) is 19.2 Å². The minimum Gasteiger partial charge on any atom is -0.481 e. The van der Waals surface area contributed by atoms with Crippen molar-refractivity contribution in [2.24, 2.45) is 67.5 Å². The van der Waals surface area contributed by atoms with Gasteiger partial charge in [0.1, 0.15) is 6.10 Å². The number of rotatable bonds is 10. The molecule has 10 heteroatoms. The van der Waals surface area contributed by atoms with Gasteiger partial charge in [0.05, 0.1) is 36.1 Å². The number of fused-ring (bicyclic) bond motifs is 7. The molecule has 0 aromatic carbocycles. The molecule has 1 saturated heterocycles. The van der Waals surface area contributed by atoms with Crippen LogP contribution in [-0.2, 0) is 28.7 Å². The van der Waals surface area contributed by atoms with Gasteiger partial charge in [-0.25, -0.2) is 0 Å². The first kappa shape index (κ1) is 43.9. The number of aliphatic carboxylic acids is 1. The number of esters is 1. The van der Waals surface area contributed by atoms with Crippen LogP contribution in [0.15, 0.2) is 0 Å². The Morgan fingerprint density at radius 1 is 0.810 bits per heavy atom. The number of piperidine rings is 1. The van der Waals surface area contributed by atoms with E-state index < -0.39 is 22.8 Å². The van der Waals surface area contributed by atoms with E-state index in [9.17, 15) is 24.6 Å². The molecule has 7 rings (SSSR count). The van der Waals surface area contributed by atoms with Crippen molar-refractivity contribution in [1.82, 2.24) is 10.2 Å². The number of nitrogens with one attached hydrogen (secondary N) is 1. The Labute approximate surface area is 349 Å². The second-order valence-electron chi connectivity index (χ2n) is 23.3. The molecule has 6 saturated carbocycles. The van der Waals surface area contributed by atoms with Crippen LogP contribution in [0.1, 0.15) is 166 Å². The third kappa shape index (κ3) is 6.77. The van der Waals surface area contributed by atoms with Crippen molar-refractivity contribution in [2.45, 2.75) is 190 Å². The maximum Gasteiger partial charge on any atom is 0.309 e. The second-order valence-corrected chi connectivity index (χ2v) is 23.3. The monoisotopic (exact) mass is 811 g/mol. The summed E-state index contributed by atoms with van der Waals surface area (Å²) in [7, 11) is 0. The van der Waals surface area contributed by atoms with Gasteiger partial charge in [-0.15, -0.1) is 0 Å². The second kappa shape index (κ2) is 15.0. The molecule has 0 aromatic rings. The lowest BCUT2D eigenvalue weighted by atomic mass is 9.32. The summed E-state index contributed by atoms with van der Waals surface area (Å²) in [5.74, 6) is 0.365. The topological polar surface area (TPSA) is 142 Å². The lowest BCUT2D eigenvalue weighted by Crippen LogP contribution is -2.68. The van der Waals surface area contributed by atoms with Gasteiger partial charge < -0.3 is 29.9 Å². The fraction of sp³-hybridized carbons (Fsp3) is 0.917. The predicted octanol–water partition coefficient (Wildman–Crippen LogP) is 8.17. The highest BCUT2D eigenvalue weighted by molar-refractivity contribution is 5.86. The van der Waals surface area contributed by atoms with Crippen LogP contribution in [0, 0.1) is 67.5 Å². The van der Waals surface area contributed by atoms with Gasteiger partial charge in [0, 0.05) is 30.5 Å². The highest BCUT2D eigenvalue weighted by Gasteiger charge is 2.72. The summed E-state index contributed by atoms with van der Waals surface area (Å²) >= 11 is 0. The van der Waals surface area contributed by atoms with Crippen LogP contribution in [0.25, 0.3) is 0 Å². The third-order valence-corrected chi connectivity index (χ3v) is 19.4. The van der Waals surface area contributed by atoms with Crippen LogP contribution in [0.4, 0.5) is 0 Å². The third-order valence-electron chi connectivity index (χ3n) is 19.4. The molecular weight excluding hydrogens is 733 g/mol. The largest absolute Gasteiger partial charge is 0.481 e. The maximum absolute atomic E-state index is 15.1. The summed E-state index contributed by atoms with van der Waals surface area (Å²) in [5, 5.41) is 23.2. The van der Waals surface area contributed by atoms with Gasteiger partial charge in [0.2, 0.25) is 11.8 Å². The Hall–Kier alpha value is -2.20. The van der Waals surface area contributed by atoms with Crippen molar-refractivity contribution in [3.8, 4) is 0 Å². The Balaban J connectivity index is 1.10. The van der Waals surface area contributed by atoms with Gasteiger partial charge in [-0.2, -0.15) is 0 Å². The number of nitrogens with zero attached hydrogens (tertiary/aromatic N) is 1. The minimum atomic E-state index is -1.17. The van der Waals surface area contributed by atoms with Crippen LogP contribution in [0.5, 0.6) is 0 Å². The average molecular weight is 811 g/mol. The SMILES string of the molecule is C[C@@H](CO)OC1CC2[C@H]3CCC4[C@@]5(C)CC[C@H](OC(=O)CC(C)(C)C(=O)O)C(C)(C)C5CC[C@@]4(C)[C@]3(C)CC[C@@]2(C(=O)N[C@@H]2C[C@H](C(=O)N3CCCCC3)C2(C)C)C1. The Morgan fingerprint density at radius 2 is 1.50 bits per heavy atom. The van der Waals surface area contributed by atoms with E-state index in [-0.39, 0.29) is 88.1 Å². The first-order valence-electron chi connectivity index (χ1n) is 23.3. The molecule has 58 heavy (non-hydrogen) atoms. The van der Waals surface area contributed by atoms with E-state index in [2.05, 4.69) is 58.7 Å². The highest BCUT2D eigenvalue weighted by atomic mass is 16.5. The number of hydrogen-bond donors (Lipinski definition) is 3. The minimum absolute atomic E-state index is 0.0351. The lowest BCUT2D eigenvalue weighted by Gasteiger charge is -2.72. The molecule has 7 fully saturated rings. The van der Waals surface area contributed by atoms with E-state index >= 15 is 4.79 Å². The molecule has 1 heterocycles. The normalized spacial score (nSPS) is 43.3. The van der Waals surface area contributed by atoms with E-state index in [4.69, 9.17) is 9.47 Å². The fourth-order valence-electron chi connectivity index (χ4n) is 15.5. The molecule has 7 aliphatic rings. The molecular formula is C48H78N2O8. The zero-order chi connectivity index (χ0) is 42.4. The van der Waals surface area contributed by atoms with Crippen molar-refractivity contribution in [3.63, 3.8) is 0 Å². The molecule has 2 amide bonds. The van der Waals surface area contributed by atoms with E-state index in [0.717, 1.165) is 83.7 Å². The van der Waals surface area contributed by atoms with Crippen molar-refractivity contribution in [3.05, 3.63) is 0 Å². The zero-order valence-electron chi connectivity index (χ0n) is 37.7. The number of carboxylic acids is 1. The number of aliphatic hydroxyl groups excluding tert-OH is 1. The van der Waals surface area contributed by atoms with Crippen molar-refractivity contribution < 1.29 is 38.9 Å². The van der Waals surface area contributed by atoms with E-state index in [0.29, 0.717) is 30.6 Å². The first-order chi connectivity index (χ1) is 27.0. The average Bonchev–Trinajstić information content (AvgIpc) is 3.53. The maximum atomic E-state index is 15.1. The highest BCUT2D eigenvalue weighted by Crippen LogP contribution is 2.77. The number of aliphatic hydroxyl groups is 1. The molecule has 328 valence electrons. The molecule has 1 aliphatic heterocycles. The van der Waals surface area contributed by atoms with Crippen LogP contribution >= 0.6 is 0 Å². The number of ether oxygens (including phenoxy) is 2. The predicted molar refractivity (Wildman–Crippen MR) is 222 cm³/mol. The molecule has 10 nitrogen and oxygen atoms in total. The summed E-state index contributed by atoms with van der Waals surface area (Å²) in [6.45, 7) is 23.3. The lowest BCUT2D eigenvalue weighted by molar-refractivity contribution is -0.247. The molecule has 0 spiro atoms. The van der Waals surface area contributed by atoms with Crippen LogP contribution in [0.2, 0.25) is 0 Å².